The van der Waals surface area contributed by atoms with Crippen LogP contribution < -0.4 is 10.6 Å². The van der Waals surface area contributed by atoms with Crippen molar-refractivity contribution in [2.75, 3.05) is 6.54 Å². The van der Waals surface area contributed by atoms with Gasteiger partial charge in [-0.15, -0.1) is 0 Å². The standard InChI is InChI=1S/C14H19ClN2O/c1-9(2)7-12-14(18)17-13(8-16-12)10-3-5-11(15)6-4-10/h3-6,9,12-13,16H,7-8H2,1-2H3,(H,17,18)/t12-,13+/m0/s1. The van der Waals surface area contributed by atoms with Crippen LogP contribution in [-0.4, -0.2) is 18.5 Å². The van der Waals surface area contributed by atoms with Gasteiger partial charge in [0.2, 0.25) is 5.91 Å². The van der Waals surface area contributed by atoms with Gasteiger partial charge in [0.05, 0.1) is 12.1 Å². The fraction of sp³-hybridized carbons (Fsp3) is 0.500. The Bertz CT molecular complexity index is 416. The summed E-state index contributed by atoms with van der Waals surface area (Å²) in [6.07, 6.45) is 0.874. The molecule has 1 aliphatic heterocycles. The van der Waals surface area contributed by atoms with Crippen LogP contribution in [0.2, 0.25) is 5.02 Å². The lowest BCUT2D eigenvalue weighted by Gasteiger charge is -2.31. The van der Waals surface area contributed by atoms with Crippen LogP contribution in [0.1, 0.15) is 31.9 Å². The van der Waals surface area contributed by atoms with Crippen LogP contribution in [0.3, 0.4) is 0 Å². The van der Waals surface area contributed by atoms with Crippen LogP contribution >= 0.6 is 11.6 Å². The SMILES string of the molecule is CC(C)C[C@@H]1NC[C@H](c2ccc(Cl)cc2)NC1=O. The third-order valence-corrected chi connectivity index (χ3v) is 3.43. The third kappa shape index (κ3) is 3.24. The molecule has 2 rings (SSSR count). The summed E-state index contributed by atoms with van der Waals surface area (Å²) in [5.74, 6) is 0.607. The molecule has 1 amide bonds. The smallest absolute Gasteiger partial charge is 0.237 e. The topological polar surface area (TPSA) is 41.1 Å². The molecule has 1 aliphatic rings. The van der Waals surface area contributed by atoms with Gasteiger partial charge in [0.1, 0.15) is 0 Å². The second-order valence-electron chi connectivity index (χ2n) is 5.20. The van der Waals surface area contributed by atoms with E-state index in [0.717, 1.165) is 18.5 Å². The minimum Gasteiger partial charge on any atom is -0.347 e. The number of amides is 1. The zero-order chi connectivity index (χ0) is 13.1. The molecule has 2 atom stereocenters. The molecule has 1 fully saturated rings. The molecule has 0 saturated carbocycles. The maximum atomic E-state index is 12.0. The molecule has 18 heavy (non-hydrogen) atoms. The first-order valence-electron chi connectivity index (χ1n) is 6.35. The highest BCUT2D eigenvalue weighted by atomic mass is 35.5. The molecular weight excluding hydrogens is 248 g/mol. The molecular formula is C14H19ClN2O. The summed E-state index contributed by atoms with van der Waals surface area (Å²) in [4.78, 5) is 12.0. The first-order chi connectivity index (χ1) is 8.56. The van der Waals surface area contributed by atoms with Crippen molar-refractivity contribution in [2.24, 2.45) is 5.92 Å². The van der Waals surface area contributed by atoms with E-state index >= 15 is 0 Å². The molecule has 1 heterocycles. The van der Waals surface area contributed by atoms with Crippen molar-refractivity contribution in [3.63, 3.8) is 0 Å². The predicted octanol–water partition coefficient (Wildman–Crippen LogP) is 2.52. The van der Waals surface area contributed by atoms with Gasteiger partial charge in [0.25, 0.3) is 0 Å². The summed E-state index contributed by atoms with van der Waals surface area (Å²) in [6, 6.07) is 7.59. The highest BCUT2D eigenvalue weighted by molar-refractivity contribution is 6.30. The fourth-order valence-electron chi connectivity index (χ4n) is 2.23. The zero-order valence-corrected chi connectivity index (χ0v) is 11.5. The number of carbonyl (C=O) groups is 1. The molecule has 98 valence electrons. The largest absolute Gasteiger partial charge is 0.347 e. The van der Waals surface area contributed by atoms with Gasteiger partial charge < -0.3 is 10.6 Å². The Kier molecular flexibility index (Phi) is 4.25. The van der Waals surface area contributed by atoms with Gasteiger partial charge in [-0.2, -0.15) is 0 Å². The summed E-state index contributed by atoms with van der Waals surface area (Å²) in [5, 5.41) is 7.10. The Morgan fingerprint density at radius 3 is 2.56 bits per heavy atom. The summed E-state index contributed by atoms with van der Waals surface area (Å²) in [6.45, 7) is 5.02. The van der Waals surface area contributed by atoms with E-state index in [1.165, 1.54) is 0 Å². The van der Waals surface area contributed by atoms with Crippen molar-refractivity contribution >= 4 is 17.5 Å². The Hall–Kier alpha value is -1.06. The third-order valence-electron chi connectivity index (χ3n) is 3.18. The lowest BCUT2D eigenvalue weighted by molar-refractivity contribution is -0.125. The van der Waals surface area contributed by atoms with E-state index in [4.69, 9.17) is 11.6 Å². The fourth-order valence-corrected chi connectivity index (χ4v) is 2.36. The average molecular weight is 267 g/mol. The summed E-state index contributed by atoms with van der Waals surface area (Å²) >= 11 is 5.86. The number of piperazine rings is 1. The van der Waals surface area contributed by atoms with Crippen LogP contribution in [-0.2, 0) is 4.79 Å². The maximum Gasteiger partial charge on any atom is 0.237 e. The van der Waals surface area contributed by atoms with Gasteiger partial charge in [-0.1, -0.05) is 37.6 Å². The van der Waals surface area contributed by atoms with Crippen molar-refractivity contribution in [1.29, 1.82) is 0 Å². The Labute approximate surface area is 113 Å². The quantitative estimate of drug-likeness (QED) is 0.883. The van der Waals surface area contributed by atoms with E-state index in [9.17, 15) is 4.79 Å². The second kappa shape index (κ2) is 5.72. The molecule has 0 spiro atoms. The Morgan fingerprint density at radius 1 is 1.33 bits per heavy atom. The second-order valence-corrected chi connectivity index (χ2v) is 5.64. The number of hydrogen-bond donors (Lipinski definition) is 2. The minimum atomic E-state index is -0.0615. The first kappa shape index (κ1) is 13.4. The summed E-state index contributed by atoms with van der Waals surface area (Å²) in [5.41, 5.74) is 1.09. The molecule has 3 nitrogen and oxygen atoms in total. The van der Waals surface area contributed by atoms with Gasteiger partial charge in [0.15, 0.2) is 0 Å². The van der Waals surface area contributed by atoms with Crippen molar-refractivity contribution in [2.45, 2.75) is 32.4 Å². The lowest BCUT2D eigenvalue weighted by atomic mass is 9.98. The Balaban J connectivity index is 1.99. The molecule has 4 heteroatoms. The van der Waals surface area contributed by atoms with Crippen molar-refractivity contribution in [3.05, 3.63) is 34.9 Å². The van der Waals surface area contributed by atoms with Crippen molar-refractivity contribution < 1.29 is 4.79 Å². The average Bonchev–Trinajstić information content (AvgIpc) is 2.32. The molecule has 0 bridgehead atoms. The van der Waals surface area contributed by atoms with E-state index in [-0.39, 0.29) is 18.0 Å². The van der Waals surface area contributed by atoms with E-state index in [2.05, 4.69) is 24.5 Å². The molecule has 2 N–H and O–H groups in total. The van der Waals surface area contributed by atoms with Crippen LogP contribution in [0, 0.1) is 5.92 Å². The van der Waals surface area contributed by atoms with E-state index in [1.807, 2.05) is 24.3 Å². The van der Waals surface area contributed by atoms with Gasteiger partial charge in [-0.05, 0) is 30.0 Å². The monoisotopic (exact) mass is 266 g/mol. The van der Waals surface area contributed by atoms with Gasteiger partial charge in [-0.3, -0.25) is 4.79 Å². The summed E-state index contributed by atoms with van der Waals surface area (Å²) < 4.78 is 0. The highest BCUT2D eigenvalue weighted by Gasteiger charge is 2.28. The normalized spacial score (nSPS) is 24.1. The molecule has 0 aliphatic carbocycles. The molecule has 1 aromatic carbocycles. The van der Waals surface area contributed by atoms with Crippen LogP contribution in [0.5, 0.6) is 0 Å². The molecule has 1 aromatic rings. The van der Waals surface area contributed by atoms with E-state index < -0.39 is 0 Å². The van der Waals surface area contributed by atoms with Gasteiger partial charge in [0, 0.05) is 11.6 Å². The number of rotatable bonds is 3. The lowest BCUT2D eigenvalue weighted by Crippen LogP contribution is -2.54. The van der Waals surface area contributed by atoms with Crippen LogP contribution in [0.4, 0.5) is 0 Å². The maximum absolute atomic E-state index is 12.0. The molecule has 0 unspecified atom stereocenters. The van der Waals surface area contributed by atoms with Crippen molar-refractivity contribution in [1.82, 2.24) is 10.6 Å². The number of halogens is 1. The van der Waals surface area contributed by atoms with Crippen molar-refractivity contribution in [3.8, 4) is 0 Å². The number of carbonyl (C=O) groups excluding carboxylic acids is 1. The first-order valence-corrected chi connectivity index (χ1v) is 6.73. The van der Waals surface area contributed by atoms with E-state index in [1.54, 1.807) is 0 Å². The van der Waals surface area contributed by atoms with E-state index in [0.29, 0.717) is 10.9 Å². The van der Waals surface area contributed by atoms with Gasteiger partial charge >= 0.3 is 0 Å². The van der Waals surface area contributed by atoms with Crippen LogP contribution in [0.25, 0.3) is 0 Å². The molecule has 0 radical (unpaired) electrons. The predicted molar refractivity (Wildman–Crippen MR) is 73.6 cm³/mol. The number of nitrogens with one attached hydrogen (secondary N) is 2. The molecule has 1 saturated heterocycles. The minimum absolute atomic E-state index is 0.0400. The number of benzene rings is 1. The van der Waals surface area contributed by atoms with Gasteiger partial charge in [-0.25, -0.2) is 0 Å². The number of hydrogen-bond acceptors (Lipinski definition) is 2. The van der Waals surface area contributed by atoms with Crippen LogP contribution in [0.15, 0.2) is 24.3 Å². The molecule has 0 aromatic heterocycles. The zero-order valence-electron chi connectivity index (χ0n) is 10.7. The Morgan fingerprint density at radius 2 is 2.00 bits per heavy atom. The summed E-state index contributed by atoms with van der Waals surface area (Å²) in [7, 11) is 0. The highest BCUT2D eigenvalue weighted by Crippen LogP contribution is 2.19.